The van der Waals surface area contributed by atoms with Crippen LogP contribution in [0.25, 0.3) is 0 Å². The van der Waals surface area contributed by atoms with Crippen LogP contribution >= 0.6 is 11.6 Å². The van der Waals surface area contributed by atoms with Crippen molar-refractivity contribution in [3.05, 3.63) is 23.0 Å². The molecule has 1 heterocycles. The first-order chi connectivity index (χ1) is 7.73. The molecule has 0 aromatic carbocycles. The Morgan fingerprint density at radius 3 is 2.47 bits per heavy atom. The van der Waals surface area contributed by atoms with Crippen LogP contribution in [0.2, 0.25) is 5.15 Å². The topological polar surface area (TPSA) is 79.3 Å². The van der Waals surface area contributed by atoms with Crippen LogP contribution in [0, 0.1) is 5.41 Å². The number of anilines is 1. The maximum Gasteiger partial charge on any atom is 0.340 e. The minimum Gasteiger partial charge on any atom is -0.478 e. The van der Waals surface area contributed by atoms with E-state index < -0.39 is 11.4 Å². The van der Waals surface area contributed by atoms with E-state index in [1.165, 1.54) is 12.3 Å². The number of pyridine rings is 1. The summed E-state index contributed by atoms with van der Waals surface area (Å²) in [7, 11) is 0. The number of carbonyl (C=O) groups excluding carboxylic acids is 1. The summed E-state index contributed by atoms with van der Waals surface area (Å²) in [5.74, 6) is -1.52. The first-order valence-corrected chi connectivity index (χ1v) is 5.30. The van der Waals surface area contributed by atoms with E-state index >= 15 is 0 Å². The largest absolute Gasteiger partial charge is 0.478 e. The van der Waals surface area contributed by atoms with E-state index in [0.717, 1.165) is 0 Å². The first-order valence-electron chi connectivity index (χ1n) is 4.92. The maximum atomic E-state index is 11.8. The van der Waals surface area contributed by atoms with Crippen LogP contribution in [0.3, 0.4) is 0 Å². The van der Waals surface area contributed by atoms with Gasteiger partial charge in [-0.3, -0.25) is 4.79 Å². The Hall–Kier alpha value is -1.62. The Kier molecular flexibility index (Phi) is 3.72. The van der Waals surface area contributed by atoms with Crippen molar-refractivity contribution < 1.29 is 14.7 Å². The van der Waals surface area contributed by atoms with E-state index in [4.69, 9.17) is 16.7 Å². The first kappa shape index (κ1) is 13.4. The van der Waals surface area contributed by atoms with Crippen molar-refractivity contribution in [2.75, 3.05) is 5.32 Å². The van der Waals surface area contributed by atoms with E-state index in [0.29, 0.717) is 0 Å². The number of hydrogen-bond acceptors (Lipinski definition) is 3. The van der Waals surface area contributed by atoms with Gasteiger partial charge in [0, 0.05) is 11.6 Å². The van der Waals surface area contributed by atoms with Gasteiger partial charge in [-0.05, 0) is 6.07 Å². The van der Waals surface area contributed by atoms with Crippen molar-refractivity contribution in [2.24, 2.45) is 5.41 Å². The molecule has 0 fully saturated rings. The van der Waals surface area contributed by atoms with E-state index in [1.54, 1.807) is 20.8 Å². The SMILES string of the molecule is CC(C)(C)C(=O)Nc1ccnc(Cl)c1C(=O)O. The summed E-state index contributed by atoms with van der Waals surface area (Å²) in [6, 6.07) is 1.40. The van der Waals surface area contributed by atoms with Crippen molar-refractivity contribution in [1.29, 1.82) is 0 Å². The molecule has 0 radical (unpaired) electrons. The molecule has 0 atom stereocenters. The second-order valence-corrected chi connectivity index (χ2v) is 4.89. The van der Waals surface area contributed by atoms with Gasteiger partial charge >= 0.3 is 5.97 Å². The van der Waals surface area contributed by atoms with Crippen LogP contribution in [0.1, 0.15) is 31.1 Å². The second-order valence-electron chi connectivity index (χ2n) is 4.53. The summed E-state index contributed by atoms with van der Waals surface area (Å²) < 4.78 is 0. The molecule has 0 bridgehead atoms. The molecule has 0 aliphatic rings. The van der Waals surface area contributed by atoms with Crippen LogP contribution in [0.15, 0.2) is 12.3 Å². The molecule has 5 nitrogen and oxygen atoms in total. The molecule has 0 aliphatic heterocycles. The van der Waals surface area contributed by atoms with Crippen molar-refractivity contribution in [2.45, 2.75) is 20.8 Å². The summed E-state index contributed by atoms with van der Waals surface area (Å²) in [5.41, 5.74) is -0.671. The highest BCUT2D eigenvalue weighted by atomic mass is 35.5. The summed E-state index contributed by atoms with van der Waals surface area (Å²) >= 11 is 5.68. The molecule has 17 heavy (non-hydrogen) atoms. The zero-order valence-electron chi connectivity index (χ0n) is 9.74. The molecule has 1 aromatic rings. The number of halogens is 1. The number of carbonyl (C=O) groups is 2. The highest BCUT2D eigenvalue weighted by Crippen LogP contribution is 2.24. The van der Waals surface area contributed by atoms with E-state index in [9.17, 15) is 9.59 Å². The fourth-order valence-corrected chi connectivity index (χ4v) is 1.29. The van der Waals surface area contributed by atoms with E-state index in [1.807, 2.05) is 0 Å². The summed E-state index contributed by atoms with van der Waals surface area (Å²) in [4.78, 5) is 26.4. The van der Waals surface area contributed by atoms with Crippen LogP contribution in [-0.2, 0) is 4.79 Å². The highest BCUT2D eigenvalue weighted by molar-refractivity contribution is 6.33. The Morgan fingerprint density at radius 1 is 1.41 bits per heavy atom. The minimum absolute atomic E-state index is 0.149. The van der Waals surface area contributed by atoms with Gasteiger partial charge in [-0.25, -0.2) is 9.78 Å². The normalized spacial score (nSPS) is 11.1. The molecule has 1 rings (SSSR count). The van der Waals surface area contributed by atoms with Gasteiger partial charge in [0.05, 0.1) is 5.69 Å². The molecule has 2 N–H and O–H groups in total. The lowest BCUT2D eigenvalue weighted by molar-refractivity contribution is -0.123. The van der Waals surface area contributed by atoms with Gasteiger partial charge in [-0.1, -0.05) is 32.4 Å². The molecule has 1 amide bonds. The number of hydrogen-bond donors (Lipinski definition) is 2. The molecule has 0 aliphatic carbocycles. The Morgan fingerprint density at radius 2 is 2.00 bits per heavy atom. The van der Waals surface area contributed by atoms with Gasteiger partial charge in [-0.2, -0.15) is 0 Å². The third-order valence-electron chi connectivity index (χ3n) is 2.05. The number of nitrogens with zero attached hydrogens (tertiary/aromatic N) is 1. The lowest BCUT2D eigenvalue weighted by atomic mass is 9.95. The van der Waals surface area contributed by atoms with Crippen LogP contribution in [0.5, 0.6) is 0 Å². The maximum absolute atomic E-state index is 11.8. The summed E-state index contributed by atoms with van der Waals surface area (Å²) in [6.07, 6.45) is 1.34. The number of carboxylic acid groups (broad SMARTS) is 1. The fourth-order valence-electron chi connectivity index (χ4n) is 1.05. The van der Waals surface area contributed by atoms with Crippen molar-refractivity contribution in [3.8, 4) is 0 Å². The van der Waals surface area contributed by atoms with Crippen molar-refractivity contribution in [1.82, 2.24) is 4.98 Å². The molecular weight excluding hydrogens is 244 g/mol. The van der Waals surface area contributed by atoms with Gasteiger partial charge in [0.15, 0.2) is 0 Å². The Balaban J connectivity index is 3.12. The molecule has 6 heteroatoms. The quantitative estimate of drug-likeness (QED) is 0.797. The molecule has 1 aromatic heterocycles. The van der Waals surface area contributed by atoms with Crippen molar-refractivity contribution >= 4 is 29.2 Å². The molecule has 0 spiro atoms. The number of aromatic nitrogens is 1. The number of aromatic carboxylic acids is 1. The average molecular weight is 257 g/mol. The molecule has 0 unspecified atom stereocenters. The monoisotopic (exact) mass is 256 g/mol. The zero-order valence-corrected chi connectivity index (χ0v) is 10.5. The third-order valence-corrected chi connectivity index (χ3v) is 2.33. The molecule has 0 saturated carbocycles. The lowest BCUT2D eigenvalue weighted by Crippen LogP contribution is -2.28. The standard InChI is InChI=1S/C11H13ClN2O3/c1-11(2,3)10(17)14-6-4-5-13-8(12)7(6)9(15)16/h4-5H,1-3H3,(H,15,16)(H,13,14,17). The lowest BCUT2D eigenvalue weighted by Gasteiger charge is -2.18. The summed E-state index contributed by atoms with van der Waals surface area (Å²) in [6.45, 7) is 5.18. The zero-order chi connectivity index (χ0) is 13.2. The molecular formula is C11H13ClN2O3. The smallest absolute Gasteiger partial charge is 0.340 e. The van der Waals surface area contributed by atoms with Gasteiger partial charge in [0.1, 0.15) is 10.7 Å². The Bertz CT molecular complexity index is 466. The number of amides is 1. The van der Waals surface area contributed by atoms with E-state index in [2.05, 4.69) is 10.3 Å². The molecule has 0 saturated heterocycles. The van der Waals surface area contributed by atoms with Crippen molar-refractivity contribution in [3.63, 3.8) is 0 Å². The third kappa shape index (κ3) is 3.17. The van der Waals surface area contributed by atoms with Crippen LogP contribution < -0.4 is 5.32 Å². The van der Waals surface area contributed by atoms with E-state index in [-0.39, 0.29) is 22.3 Å². The van der Waals surface area contributed by atoms with Gasteiger partial charge in [0.25, 0.3) is 0 Å². The van der Waals surface area contributed by atoms with Gasteiger partial charge in [0.2, 0.25) is 5.91 Å². The van der Waals surface area contributed by atoms with Crippen LogP contribution in [0.4, 0.5) is 5.69 Å². The predicted molar refractivity (Wildman–Crippen MR) is 64.3 cm³/mol. The number of carboxylic acids is 1. The summed E-state index contributed by atoms with van der Waals surface area (Å²) in [5, 5.41) is 11.4. The average Bonchev–Trinajstić information content (AvgIpc) is 2.15. The van der Waals surface area contributed by atoms with Crippen LogP contribution in [-0.4, -0.2) is 22.0 Å². The predicted octanol–water partition coefficient (Wildman–Crippen LogP) is 2.42. The Labute approximate surface area is 104 Å². The second kappa shape index (κ2) is 4.71. The number of nitrogens with one attached hydrogen (secondary N) is 1. The van der Waals surface area contributed by atoms with Gasteiger partial charge < -0.3 is 10.4 Å². The highest BCUT2D eigenvalue weighted by Gasteiger charge is 2.24. The molecule has 92 valence electrons. The number of rotatable bonds is 2. The van der Waals surface area contributed by atoms with Gasteiger partial charge in [-0.15, -0.1) is 0 Å². The minimum atomic E-state index is -1.23. The fraction of sp³-hybridized carbons (Fsp3) is 0.364.